The summed E-state index contributed by atoms with van der Waals surface area (Å²) >= 11 is 0. The number of para-hydroxylation sites is 2. The quantitative estimate of drug-likeness (QED) is 0.808. The molecular weight excluding hydrogens is 284 g/mol. The number of aliphatic imine (C=N–C) groups is 1. The Hall–Kier alpha value is -2.42. The number of nitrogens with zero attached hydrogens (tertiary/aromatic N) is 2. The van der Waals surface area contributed by atoms with E-state index in [2.05, 4.69) is 19.1 Å². The third-order valence-electron chi connectivity index (χ3n) is 4.92. The van der Waals surface area contributed by atoms with Crippen molar-refractivity contribution in [3.05, 3.63) is 59.7 Å². The number of amides is 1. The number of carbonyl (C=O) groups is 1. The smallest absolute Gasteiger partial charge is 0.236 e. The number of aryl methyl sites for hydroxylation is 1. The van der Waals surface area contributed by atoms with Crippen LogP contribution in [0.5, 0.6) is 0 Å². The molecule has 1 atom stereocenters. The van der Waals surface area contributed by atoms with Gasteiger partial charge in [0.05, 0.1) is 23.8 Å². The third-order valence-corrected chi connectivity index (χ3v) is 4.92. The lowest BCUT2D eigenvalue weighted by molar-refractivity contribution is -0.120. The SMILES string of the molecule is Cc1ccccc1CN1C(=O)[C@H]2CCCC2=Nc2ccccc21. The molecule has 2 aliphatic rings. The third kappa shape index (κ3) is 2.46. The Bertz CT molecular complexity index is 794. The summed E-state index contributed by atoms with van der Waals surface area (Å²) in [4.78, 5) is 19.9. The molecule has 3 heteroatoms. The summed E-state index contributed by atoms with van der Waals surface area (Å²) in [6.07, 6.45) is 2.94. The average molecular weight is 304 g/mol. The van der Waals surface area contributed by atoms with Crippen LogP contribution in [0.1, 0.15) is 30.4 Å². The zero-order chi connectivity index (χ0) is 15.8. The lowest BCUT2D eigenvalue weighted by Gasteiger charge is -2.25. The molecule has 2 aromatic rings. The second-order valence-corrected chi connectivity index (χ2v) is 6.39. The minimum absolute atomic E-state index is 0.0357. The normalized spacial score (nSPS) is 19.9. The largest absolute Gasteiger partial charge is 0.305 e. The topological polar surface area (TPSA) is 32.7 Å². The zero-order valence-electron chi connectivity index (χ0n) is 13.3. The molecule has 4 rings (SSSR count). The van der Waals surface area contributed by atoms with Gasteiger partial charge in [0.15, 0.2) is 0 Å². The molecule has 0 N–H and O–H groups in total. The monoisotopic (exact) mass is 304 g/mol. The summed E-state index contributed by atoms with van der Waals surface area (Å²) in [6, 6.07) is 16.3. The van der Waals surface area contributed by atoms with Gasteiger partial charge in [-0.2, -0.15) is 0 Å². The first kappa shape index (κ1) is 14.2. The molecule has 0 spiro atoms. The van der Waals surface area contributed by atoms with Crippen LogP contribution in [-0.2, 0) is 11.3 Å². The fraction of sp³-hybridized carbons (Fsp3) is 0.300. The first-order chi connectivity index (χ1) is 11.2. The second kappa shape index (κ2) is 5.65. The standard InChI is InChI=1S/C20H20N2O/c1-14-7-2-3-8-15(14)13-22-19-12-5-4-10-18(19)21-17-11-6-9-16(17)20(22)23/h2-5,7-8,10,12,16H,6,9,11,13H2,1H3/t16-/m0/s1. The van der Waals surface area contributed by atoms with Gasteiger partial charge < -0.3 is 4.90 Å². The van der Waals surface area contributed by atoms with Gasteiger partial charge in [-0.25, -0.2) is 0 Å². The van der Waals surface area contributed by atoms with Crippen molar-refractivity contribution >= 4 is 23.0 Å². The highest BCUT2D eigenvalue weighted by molar-refractivity contribution is 6.14. The molecule has 1 aliphatic carbocycles. The Labute approximate surface area is 136 Å². The van der Waals surface area contributed by atoms with Crippen molar-refractivity contribution in [2.45, 2.75) is 32.7 Å². The van der Waals surface area contributed by atoms with Crippen molar-refractivity contribution in [1.29, 1.82) is 0 Å². The van der Waals surface area contributed by atoms with Crippen LogP contribution >= 0.6 is 0 Å². The molecule has 1 amide bonds. The van der Waals surface area contributed by atoms with Crippen LogP contribution in [0.15, 0.2) is 53.5 Å². The first-order valence-electron chi connectivity index (χ1n) is 8.26. The highest BCUT2D eigenvalue weighted by atomic mass is 16.2. The van der Waals surface area contributed by atoms with Gasteiger partial charge in [0.1, 0.15) is 0 Å². The number of benzene rings is 2. The molecule has 0 unspecified atom stereocenters. The molecule has 2 aromatic carbocycles. The van der Waals surface area contributed by atoms with Crippen LogP contribution in [0.3, 0.4) is 0 Å². The van der Waals surface area contributed by atoms with Crippen LogP contribution in [0, 0.1) is 12.8 Å². The highest BCUT2D eigenvalue weighted by Crippen LogP contribution is 2.38. The molecule has 1 heterocycles. The number of hydrogen-bond donors (Lipinski definition) is 0. The molecule has 3 nitrogen and oxygen atoms in total. The van der Waals surface area contributed by atoms with Gasteiger partial charge in [0, 0.05) is 5.71 Å². The van der Waals surface area contributed by atoms with Gasteiger partial charge in [-0.1, -0.05) is 36.4 Å². The van der Waals surface area contributed by atoms with Gasteiger partial charge in [-0.3, -0.25) is 9.79 Å². The minimum Gasteiger partial charge on any atom is -0.305 e. The second-order valence-electron chi connectivity index (χ2n) is 6.39. The number of anilines is 1. The molecule has 23 heavy (non-hydrogen) atoms. The molecule has 1 fully saturated rings. The number of fused-ring (bicyclic) bond motifs is 2. The lowest BCUT2D eigenvalue weighted by atomic mass is 10.0. The Morgan fingerprint density at radius 3 is 2.78 bits per heavy atom. The van der Waals surface area contributed by atoms with Gasteiger partial charge in [-0.05, 0) is 49.4 Å². The van der Waals surface area contributed by atoms with Gasteiger partial charge in [0.2, 0.25) is 5.91 Å². The highest BCUT2D eigenvalue weighted by Gasteiger charge is 2.36. The van der Waals surface area contributed by atoms with E-state index in [0.29, 0.717) is 6.54 Å². The van der Waals surface area contributed by atoms with E-state index < -0.39 is 0 Å². The van der Waals surface area contributed by atoms with Crippen LogP contribution in [0.4, 0.5) is 11.4 Å². The fourth-order valence-electron chi connectivity index (χ4n) is 3.60. The number of hydrogen-bond acceptors (Lipinski definition) is 2. The maximum absolute atomic E-state index is 13.2. The van der Waals surface area contributed by atoms with Crippen LogP contribution in [-0.4, -0.2) is 11.6 Å². The van der Waals surface area contributed by atoms with Crippen LogP contribution in [0.25, 0.3) is 0 Å². The van der Waals surface area contributed by atoms with E-state index in [0.717, 1.165) is 36.3 Å². The molecule has 1 saturated carbocycles. The Kier molecular flexibility index (Phi) is 3.49. The predicted molar refractivity (Wildman–Crippen MR) is 93.2 cm³/mol. The van der Waals surface area contributed by atoms with Crippen LogP contribution < -0.4 is 4.90 Å². The first-order valence-corrected chi connectivity index (χ1v) is 8.26. The van der Waals surface area contributed by atoms with E-state index in [4.69, 9.17) is 4.99 Å². The van der Waals surface area contributed by atoms with Gasteiger partial charge in [0.25, 0.3) is 0 Å². The molecule has 116 valence electrons. The lowest BCUT2D eigenvalue weighted by Crippen LogP contribution is -2.36. The fourth-order valence-corrected chi connectivity index (χ4v) is 3.60. The van der Waals surface area contributed by atoms with E-state index >= 15 is 0 Å². The molecule has 0 bridgehead atoms. The summed E-state index contributed by atoms with van der Waals surface area (Å²) in [5, 5.41) is 0. The average Bonchev–Trinajstić information content (AvgIpc) is 2.99. The zero-order valence-corrected chi connectivity index (χ0v) is 13.3. The summed E-state index contributed by atoms with van der Waals surface area (Å²) in [5.74, 6) is 0.167. The molecule has 0 radical (unpaired) electrons. The maximum Gasteiger partial charge on any atom is 0.236 e. The Morgan fingerprint density at radius 1 is 1.13 bits per heavy atom. The minimum atomic E-state index is -0.0357. The van der Waals surface area contributed by atoms with E-state index in [-0.39, 0.29) is 11.8 Å². The summed E-state index contributed by atoms with van der Waals surface area (Å²) < 4.78 is 0. The Balaban J connectivity index is 1.79. The molecule has 0 saturated heterocycles. The predicted octanol–water partition coefficient (Wildman–Crippen LogP) is 4.41. The van der Waals surface area contributed by atoms with Crippen molar-refractivity contribution in [2.24, 2.45) is 10.9 Å². The van der Waals surface area contributed by atoms with Gasteiger partial charge in [-0.15, -0.1) is 0 Å². The summed E-state index contributed by atoms with van der Waals surface area (Å²) in [7, 11) is 0. The summed E-state index contributed by atoms with van der Waals surface area (Å²) in [5.41, 5.74) is 5.33. The number of rotatable bonds is 2. The van der Waals surface area contributed by atoms with Crippen molar-refractivity contribution in [2.75, 3.05) is 4.90 Å². The molecule has 0 aromatic heterocycles. The van der Waals surface area contributed by atoms with E-state index in [1.54, 1.807) is 0 Å². The van der Waals surface area contributed by atoms with E-state index in [1.807, 2.05) is 41.3 Å². The van der Waals surface area contributed by atoms with Crippen molar-refractivity contribution < 1.29 is 4.79 Å². The van der Waals surface area contributed by atoms with Crippen molar-refractivity contribution in [1.82, 2.24) is 0 Å². The van der Waals surface area contributed by atoms with Crippen molar-refractivity contribution in [3.63, 3.8) is 0 Å². The molecule has 1 aliphatic heterocycles. The number of carbonyl (C=O) groups excluding carboxylic acids is 1. The van der Waals surface area contributed by atoms with Gasteiger partial charge >= 0.3 is 0 Å². The van der Waals surface area contributed by atoms with Crippen molar-refractivity contribution in [3.8, 4) is 0 Å². The Morgan fingerprint density at radius 2 is 1.91 bits per heavy atom. The van der Waals surface area contributed by atoms with E-state index in [9.17, 15) is 4.79 Å². The molecular formula is C20H20N2O. The maximum atomic E-state index is 13.2. The van der Waals surface area contributed by atoms with Crippen LogP contribution in [0.2, 0.25) is 0 Å². The van der Waals surface area contributed by atoms with E-state index in [1.165, 1.54) is 11.1 Å². The summed E-state index contributed by atoms with van der Waals surface area (Å²) in [6.45, 7) is 2.71.